The Bertz CT molecular complexity index is 383. The molecule has 2 N–H and O–H groups in total. The van der Waals surface area contributed by atoms with Crippen LogP contribution in [0.3, 0.4) is 0 Å². The molecule has 0 spiro atoms. The van der Waals surface area contributed by atoms with Gasteiger partial charge in [-0.3, -0.25) is 4.79 Å². The summed E-state index contributed by atoms with van der Waals surface area (Å²) in [6.45, 7) is 5.85. The largest absolute Gasteiger partial charge is 0.495 e. The molecule has 1 atom stereocenters. The van der Waals surface area contributed by atoms with Gasteiger partial charge in [0.25, 0.3) is 0 Å². The van der Waals surface area contributed by atoms with Gasteiger partial charge in [-0.15, -0.1) is 12.4 Å². The van der Waals surface area contributed by atoms with E-state index in [0.29, 0.717) is 11.4 Å². The number of amides is 1. The molecule has 5 heteroatoms. The second kappa shape index (κ2) is 7.95. The summed E-state index contributed by atoms with van der Waals surface area (Å²) in [7, 11) is 1.58. The van der Waals surface area contributed by atoms with Gasteiger partial charge in [0.1, 0.15) is 5.75 Å². The molecule has 1 aromatic rings. The first kappa shape index (κ1) is 16.7. The van der Waals surface area contributed by atoms with Crippen molar-refractivity contribution in [3.05, 3.63) is 24.3 Å². The van der Waals surface area contributed by atoms with E-state index in [-0.39, 0.29) is 30.4 Å². The van der Waals surface area contributed by atoms with Crippen LogP contribution >= 0.6 is 12.4 Å². The quantitative estimate of drug-likeness (QED) is 0.866. The molecule has 0 heterocycles. The maximum absolute atomic E-state index is 11.9. The lowest BCUT2D eigenvalue weighted by Crippen LogP contribution is -2.41. The summed E-state index contributed by atoms with van der Waals surface area (Å²) in [5.41, 5.74) is 0.692. The molecule has 0 aromatic heterocycles. The third-order valence-electron chi connectivity index (χ3n) is 2.34. The van der Waals surface area contributed by atoms with Gasteiger partial charge in [0.05, 0.1) is 18.8 Å². The van der Waals surface area contributed by atoms with Gasteiger partial charge in [-0.2, -0.15) is 0 Å². The SMILES string of the molecule is COc1ccccc1NC(=O)C(C)NC(C)C.Cl. The average Bonchev–Trinajstić information content (AvgIpc) is 2.28. The van der Waals surface area contributed by atoms with Crippen molar-refractivity contribution in [2.45, 2.75) is 32.9 Å². The Morgan fingerprint density at radius 3 is 2.39 bits per heavy atom. The van der Waals surface area contributed by atoms with Crippen LogP contribution in [-0.2, 0) is 4.79 Å². The molecule has 18 heavy (non-hydrogen) atoms. The lowest BCUT2D eigenvalue weighted by molar-refractivity contribution is -0.117. The van der Waals surface area contributed by atoms with E-state index in [2.05, 4.69) is 10.6 Å². The minimum atomic E-state index is -0.236. The summed E-state index contributed by atoms with van der Waals surface area (Å²) in [6, 6.07) is 7.39. The third-order valence-corrected chi connectivity index (χ3v) is 2.34. The number of hydrogen-bond donors (Lipinski definition) is 2. The predicted octanol–water partition coefficient (Wildman–Crippen LogP) is 2.44. The van der Waals surface area contributed by atoms with E-state index < -0.39 is 0 Å². The Labute approximate surface area is 115 Å². The molecule has 1 amide bonds. The second-order valence-electron chi connectivity index (χ2n) is 4.23. The number of carbonyl (C=O) groups excluding carboxylic acids is 1. The fraction of sp³-hybridized carbons (Fsp3) is 0.462. The molecule has 0 saturated heterocycles. The standard InChI is InChI=1S/C13H20N2O2.ClH/c1-9(2)14-10(3)13(16)15-11-7-5-6-8-12(11)17-4;/h5-10,14H,1-4H3,(H,15,16);1H. The Hall–Kier alpha value is -1.26. The van der Waals surface area contributed by atoms with Crippen molar-refractivity contribution in [1.82, 2.24) is 5.32 Å². The smallest absolute Gasteiger partial charge is 0.241 e. The topological polar surface area (TPSA) is 50.4 Å². The van der Waals surface area contributed by atoms with Crippen LogP contribution in [0, 0.1) is 0 Å². The molecule has 0 fully saturated rings. The Morgan fingerprint density at radius 2 is 1.83 bits per heavy atom. The van der Waals surface area contributed by atoms with Crippen molar-refractivity contribution >= 4 is 24.0 Å². The van der Waals surface area contributed by atoms with Crippen LogP contribution in [0.15, 0.2) is 24.3 Å². The number of ether oxygens (including phenoxy) is 1. The summed E-state index contributed by atoms with van der Waals surface area (Å²) < 4.78 is 5.17. The molecular weight excluding hydrogens is 252 g/mol. The highest BCUT2D eigenvalue weighted by molar-refractivity contribution is 5.95. The Kier molecular flexibility index (Phi) is 7.39. The van der Waals surface area contributed by atoms with E-state index in [1.165, 1.54) is 0 Å². The fourth-order valence-electron chi connectivity index (χ4n) is 1.56. The lowest BCUT2D eigenvalue weighted by atomic mass is 10.2. The normalized spacial score (nSPS) is 11.6. The number of para-hydroxylation sites is 2. The molecular formula is C13H21ClN2O2. The van der Waals surface area contributed by atoms with Gasteiger partial charge in [0.15, 0.2) is 0 Å². The van der Waals surface area contributed by atoms with Crippen LogP contribution < -0.4 is 15.4 Å². The zero-order chi connectivity index (χ0) is 12.8. The number of nitrogens with one attached hydrogen (secondary N) is 2. The van der Waals surface area contributed by atoms with Gasteiger partial charge in [-0.05, 0) is 19.1 Å². The number of anilines is 1. The molecule has 0 saturated carbocycles. The van der Waals surface area contributed by atoms with Crippen molar-refractivity contribution in [3.8, 4) is 5.75 Å². The molecule has 0 bridgehead atoms. The molecule has 0 radical (unpaired) electrons. The molecule has 0 aliphatic heterocycles. The van der Waals surface area contributed by atoms with Gasteiger partial charge in [0.2, 0.25) is 5.91 Å². The first-order valence-electron chi connectivity index (χ1n) is 5.74. The van der Waals surface area contributed by atoms with Gasteiger partial charge >= 0.3 is 0 Å². The molecule has 1 aromatic carbocycles. The number of benzene rings is 1. The van der Waals surface area contributed by atoms with E-state index >= 15 is 0 Å². The summed E-state index contributed by atoms with van der Waals surface area (Å²) in [4.78, 5) is 11.9. The van der Waals surface area contributed by atoms with Gasteiger partial charge in [-0.25, -0.2) is 0 Å². The van der Waals surface area contributed by atoms with Crippen LogP contribution in [0.5, 0.6) is 5.75 Å². The lowest BCUT2D eigenvalue weighted by Gasteiger charge is -2.17. The highest BCUT2D eigenvalue weighted by Gasteiger charge is 2.14. The van der Waals surface area contributed by atoms with Crippen LogP contribution in [0.4, 0.5) is 5.69 Å². The van der Waals surface area contributed by atoms with E-state index in [9.17, 15) is 4.79 Å². The molecule has 102 valence electrons. The van der Waals surface area contributed by atoms with Crippen molar-refractivity contribution in [1.29, 1.82) is 0 Å². The fourth-order valence-corrected chi connectivity index (χ4v) is 1.56. The van der Waals surface area contributed by atoms with Gasteiger partial charge < -0.3 is 15.4 Å². The van der Waals surface area contributed by atoms with Crippen LogP contribution in [0.1, 0.15) is 20.8 Å². The number of rotatable bonds is 5. The van der Waals surface area contributed by atoms with E-state index in [0.717, 1.165) is 0 Å². The van der Waals surface area contributed by atoms with Crippen molar-refractivity contribution in [2.24, 2.45) is 0 Å². The Balaban J connectivity index is 0.00000289. The van der Waals surface area contributed by atoms with Gasteiger partial charge in [-0.1, -0.05) is 26.0 Å². The maximum atomic E-state index is 11.9. The first-order chi connectivity index (χ1) is 8.04. The zero-order valence-electron chi connectivity index (χ0n) is 11.2. The summed E-state index contributed by atoms with van der Waals surface area (Å²) in [5, 5.41) is 5.99. The van der Waals surface area contributed by atoms with Gasteiger partial charge in [0, 0.05) is 6.04 Å². The number of halogens is 1. The van der Waals surface area contributed by atoms with E-state index in [1.807, 2.05) is 45.0 Å². The number of carbonyl (C=O) groups is 1. The minimum Gasteiger partial charge on any atom is -0.495 e. The average molecular weight is 273 g/mol. The van der Waals surface area contributed by atoms with E-state index in [4.69, 9.17) is 4.74 Å². The summed E-state index contributed by atoms with van der Waals surface area (Å²) in [6.07, 6.45) is 0. The monoisotopic (exact) mass is 272 g/mol. The third kappa shape index (κ3) is 4.94. The predicted molar refractivity (Wildman–Crippen MR) is 76.6 cm³/mol. The number of hydrogen-bond acceptors (Lipinski definition) is 3. The molecule has 1 rings (SSSR count). The highest BCUT2D eigenvalue weighted by Crippen LogP contribution is 2.22. The molecule has 0 aliphatic carbocycles. The van der Waals surface area contributed by atoms with Crippen molar-refractivity contribution < 1.29 is 9.53 Å². The first-order valence-corrected chi connectivity index (χ1v) is 5.74. The minimum absolute atomic E-state index is 0. The van der Waals surface area contributed by atoms with E-state index in [1.54, 1.807) is 7.11 Å². The summed E-state index contributed by atoms with van der Waals surface area (Å²) in [5.74, 6) is 0.598. The number of methoxy groups -OCH3 is 1. The van der Waals surface area contributed by atoms with Crippen molar-refractivity contribution in [3.63, 3.8) is 0 Å². The second-order valence-corrected chi connectivity index (χ2v) is 4.23. The van der Waals surface area contributed by atoms with Crippen LogP contribution in [0.2, 0.25) is 0 Å². The highest BCUT2D eigenvalue weighted by atomic mass is 35.5. The van der Waals surface area contributed by atoms with Crippen molar-refractivity contribution in [2.75, 3.05) is 12.4 Å². The molecule has 4 nitrogen and oxygen atoms in total. The van der Waals surface area contributed by atoms with Crippen LogP contribution in [0.25, 0.3) is 0 Å². The Morgan fingerprint density at radius 1 is 1.22 bits per heavy atom. The van der Waals surface area contributed by atoms with Crippen LogP contribution in [-0.4, -0.2) is 25.1 Å². The molecule has 0 aliphatic rings. The molecule has 1 unspecified atom stereocenters. The maximum Gasteiger partial charge on any atom is 0.241 e. The zero-order valence-corrected chi connectivity index (χ0v) is 12.0. The summed E-state index contributed by atoms with van der Waals surface area (Å²) >= 11 is 0.